The molecule has 0 radical (unpaired) electrons. The lowest BCUT2D eigenvalue weighted by Crippen LogP contribution is -2.33. The highest BCUT2D eigenvalue weighted by Crippen LogP contribution is 2.27. The van der Waals surface area contributed by atoms with E-state index in [4.69, 9.17) is 19.4 Å². The molecule has 0 fully saturated rings. The second kappa shape index (κ2) is 10.00. The first kappa shape index (κ1) is 22.0. The Kier molecular flexibility index (Phi) is 6.47. The summed E-state index contributed by atoms with van der Waals surface area (Å²) in [5.74, 6) is 2.71. The Morgan fingerprint density at radius 2 is 1.94 bits per heavy atom. The molecule has 3 heterocycles. The number of aliphatic hydroxyl groups is 2. The molecule has 5 rings (SSSR count). The lowest BCUT2D eigenvalue weighted by molar-refractivity contribution is -0.0187. The third-order valence-corrected chi connectivity index (χ3v) is 6.00. The van der Waals surface area contributed by atoms with Gasteiger partial charge in [0.15, 0.2) is 23.4 Å². The second-order valence-electron chi connectivity index (χ2n) is 7.41. The van der Waals surface area contributed by atoms with Gasteiger partial charge in [-0.05, 0) is 42.0 Å². The van der Waals surface area contributed by atoms with Crippen LogP contribution in [0.25, 0.3) is 17.0 Å². The first-order valence-electron chi connectivity index (χ1n) is 10.5. The normalized spacial score (nSPS) is 15.1. The molecule has 1 atom stereocenters. The third-order valence-electron chi connectivity index (χ3n) is 4.96. The molecule has 0 spiro atoms. The first-order chi connectivity index (χ1) is 16.6. The van der Waals surface area contributed by atoms with Gasteiger partial charge in [0.2, 0.25) is 0 Å². The summed E-state index contributed by atoms with van der Waals surface area (Å²) in [5.41, 5.74) is 5.49. The second-order valence-corrected chi connectivity index (χ2v) is 8.55. The molecule has 0 aliphatic carbocycles. The van der Waals surface area contributed by atoms with Gasteiger partial charge in [-0.3, -0.25) is 5.43 Å². The zero-order valence-electron chi connectivity index (χ0n) is 17.9. The van der Waals surface area contributed by atoms with E-state index < -0.39 is 6.29 Å². The Balaban J connectivity index is 1.20. The number of furan rings is 1. The summed E-state index contributed by atoms with van der Waals surface area (Å²) >= 11 is 1.30. The molecule has 0 bridgehead atoms. The number of hydrogen-bond acceptors (Lipinski definition) is 10. The van der Waals surface area contributed by atoms with Crippen LogP contribution in [0.4, 0.5) is 0 Å². The monoisotopic (exact) mass is 478 g/mol. The van der Waals surface area contributed by atoms with Crippen molar-refractivity contribution in [2.75, 3.05) is 5.75 Å². The van der Waals surface area contributed by atoms with Crippen molar-refractivity contribution >= 4 is 17.6 Å². The highest BCUT2D eigenvalue weighted by molar-refractivity contribution is 7.99. The van der Waals surface area contributed by atoms with Crippen LogP contribution in [0.5, 0.6) is 5.75 Å². The predicted octanol–water partition coefficient (Wildman–Crippen LogP) is 2.29. The molecular weight excluding hydrogens is 456 g/mol. The minimum Gasteiger partial charge on any atom is -0.489 e. The molecule has 0 amide bonds. The molecule has 174 valence electrons. The summed E-state index contributed by atoms with van der Waals surface area (Å²) in [6, 6.07) is 19.3. The summed E-state index contributed by atoms with van der Waals surface area (Å²) in [5, 5.41) is 29.5. The number of benzene rings is 2. The molecule has 2 aromatic heterocycles. The number of amidine groups is 1. The van der Waals surface area contributed by atoms with Gasteiger partial charge in [-0.1, -0.05) is 24.3 Å². The number of aliphatic hydroxyl groups excluding tert-OH is 1. The molecule has 4 N–H and O–H groups in total. The van der Waals surface area contributed by atoms with Crippen LogP contribution in [0.15, 0.2) is 82.8 Å². The number of nitrogens with one attached hydrogen (secondary N) is 2. The summed E-state index contributed by atoms with van der Waals surface area (Å²) in [6.45, 7) is 0.429. The molecule has 2 aromatic carbocycles. The van der Waals surface area contributed by atoms with Crippen LogP contribution in [-0.2, 0) is 6.61 Å². The number of rotatable bonds is 9. The Morgan fingerprint density at radius 3 is 2.74 bits per heavy atom. The van der Waals surface area contributed by atoms with Crippen LogP contribution < -0.4 is 15.5 Å². The average molecular weight is 479 g/mol. The number of hydrazone groups is 1. The van der Waals surface area contributed by atoms with Gasteiger partial charge in [0.1, 0.15) is 30.8 Å². The third kappa shape index (κ3) is 5.22. The number of aromatic nitrogens is 3. The van der Waals surface area contributed by atoms with Gasteiger partial charge in [0.25, 0.3) is 0 Å². The fourth-order valence-electron chi connectivity index (χ4n) is 3.31. The molecule has 10 nitrogen and oxygen atoms in total. The van der Waals surface area contributed by atoms with E-state index in [9.17, 15) is 0 Å². The zero-order valence-corrected chi connectivity index (χ0v) is 18.7. The number of nitrogens with zero attached hydrogens (tertiary/aromatic N) is 4. The van der Waals surface area contributed by atoms with Crippen LogP contribution in [0.3, 0.4) is 0 Å². The summed E-state index contributed by atoms with van der Waals surface area (Å²) in [6.07, 6.45) is 1.78. The van der Waals surface area contributed by atoms with Gasteiger partial charge in [0.05, 0.1) is 5.69 Å². The van der Waals surface area contributed by atoms with E-state index in [1.807, 2.05) is 60.7 Å². The van der Waals surface area contributed by atoms with Gasteiger partial charge in [-0.2, -0.15) is 10.2 Å². The van der Waals surface area contributed by atoms with Crippen molar-refractivity contribution in [3.63, 3.8) is 0 Å². The van der Waals surface area contributed by atoms with Gasteiger partial charge >= 0.3 is 0 Å². The number of thioether (sulfide) groups is 1. The van der Waals surface area contributed by atoms with Crippen molar-refractivity contribution in [3.05, 3.63) is 84.6 Å². The molecular formula is C23H22N6O4S. The van der Waals surface area contributed by atoms with Crippen LogP contribution in [0.1, 0.15) is 11.3 Å². The van der Waals surface area contributed by atoms with E-state index in [0.29, 0.717) is 24.0 Å². The molecule has 11 heteroatoms. The summed E-state index contributed by atoms with van der Waals surface area (Å²) in [7, 11) is 0. The van der Waals surface area contributed by atoms with Crippen molar-refractivity contribution in [2.24, 2.45) is 5.10 Å². The summed E-state index contributed by atoms with van der Waals surface area (Å²) < 4.78 is 13.7. The number of ether oxygens (including phenoxy) is 1. The van der Waals surface area contributed by atoms with E-state index >= 15 is 0 Å². The van der Waals surface area contributed by atoms with Crippen LogP contribution in [-0.4, -0.2) is 48.4 Å². The van der Waals surface area contributed by atoms with Gasteiger partial charge < -0.3 is 24.7 Å². The lowest BCUT2D eigenvalue weighted by atomic mass is 10.1. The first-order valence-corrected chi connectivity index (χ1v) is 11.5. The molecule has 4 aromatic rings. The Morgan fingerprint density at radius 1 is 1.09 bits per heavy atom. The Hall–Kier alpha value is -3.80. The highest BCUT2D eigenvalue weighted by Gasteiger charge is 2.21. The van der Waals surface area contributed by atoms with Crippen LogP contribution >= 0.6 is 11.8 Å². The topological polar surface area (TPSA) is 130 Å². The smallest absolute Gasteiger partial charge is 0.191 e. The van der Waals surface area contributed by atoms with Crippen molar-refractivity contribution in [1.29, 1.82) is 0 Å². The number of hydrogen-bond donors (Lipinski definition) is 4. The maximum absolute atomic E-state index is 9.00. The Labute approximate surface area is 199 Å². The van der Waals surface area contributed by atoms with Gasteiger partial charge in [-0.25, -0.2) is 9.67 Å². The Bertz CT molecular complexity index is 1260. The van der Waals surface area contributed by atoms with Crippen LogP contribution in [0, 0.1) is 0 Å². The molecule has 1 aliphatic heterocycles. The molecule has 1 unspecified atom stereocenters. The fourth-order valence-corrected chi connectivity index (χ4v) is 4.00. The van der Waals surface area contributed by atoms with E-state index in [0.717, 1.165) is 22.6 Å². The van der Waals surface area contributed by atoms with E-state index in [-0.39, 0.29) is 11.3 Å². The standard InChI is InChI=1S/C23H22N6O4S/c30-21(31)12-34-23-26-22(27-28-23)20-9-8-19(33-20)16-2-1-3-18(10-16)32-11-15-4-6-17(7-5-15)29-14-24-13-25-29/h1-10,13-14,21,23,28,30-31H,11-12H2,(H,26,27). The van der Waals surface area contributed by atoms with Gasteiger partial charge in [0, 0.05) is 11.3 Å². The minimum absolute atomic E-state index is 0.162. The van der Waals surface area contributed by atoms with Crippen molar-refractivity contribution in [3.8, 4) is 22.8 Å². The average Bonchev–Trinajstić information content (AvgIpc) is 3.63. The van der Waals surface area contributed by atoms with E-state index in [1.54, 1.807) is 11.0 Å². The lowest BCUT2D eigenvalue weighted by Gasteiger charge is -2.11. The fraction of sp³-hybridized carbons (Fsp3) is 0.174. The molecule has 0 saturated carbocycles. The van der Waals surface area contributed by atoms with Crippen LogP contribution in [0.2, 0.25) is 0 Å². The van der Waals surface area contributed by atoms with E-state index in [2.05, 4.69) is 25.9 Å². The van der Waals surface area contributed by atoms with E-state index in [1.165, 1.54) is 18.1 Å². The molecule has 0 saturated heterocycles. The maximum atomic E-state index is 9.00. The minimum atomic E-state index is -1.37. The maximum Gasteiger partial charge on any atom is 0.191 e. The van der Waals surface area contributed by atoms with Crippen molar-refractivity contribution in [2.45, 2.75) is 18.4 Å². The highest BCUT2D eigenvalue weighted by atomic mass is 32.2. The molecule has 1 aliphatic rings. The largest absolute Gasteiger partial charge is 0.489 e. The quantitative estimate of drug-likeness (QED) is 0.268. The van der Waals surface area contributed by atoms with Gasteiger partial charge in [-0.15, -0.1) is 11.8 Å². The zero-order chi connectivity index (χ0) is 23.3. The summed E-state index contributed by atoms with van der Waals surface area (Å²) in [4.78, 5) is 3.96. The molecule has 34 heavy (non-hydrogen) atoms. The SMILES string of the molecule is OC(O)CSC1NN=C(c2ccc(-c3cccc(OCc4ccc(-n5cncn5)cc4)c3)o2)N1. The van der Waals surface area contributed by atoms with Crippen molar-refractivity contribution in [1.82, 2.24) is 25.5 Å². The predicted molar refractivity (Wildman–Crippen MR) is 127 cm³/mol. The van der Waals surface area contributed by atoms with Crippen molar-refractivity contribution < 1.29 is 19.4 Å².